The monoisotopic (exact) mass is 292 g/mol. The van der Waals surface area contributed by atoms with Gasteiger partial charge in [-0.15, -0.1) is 0 Å². The van der Waals surface area contributed by atoms with Gasteiger partial charge >= 0.3 is 0 Å². The van der Waals surface area contributed by atoms with E-state index in [2.05, 4.69) is 24.5 Å². The van der Waals surface area contributed by atoms with Crippen LogP contribution >= 0.6 is 0 Å². The lowest BCUT2D eigenvalue weighted by Crippen LogP contribution is -2.40. The zero-order chi connectivity index (χ0) is 15.3. The van der Waals surface area contributed by atoms with E-state index in [1.54, 1.807) is 7.11 Å². The Hall–Kier alpha value is -0.900. The Balaban J connectivity index is 2.32. The molecule has 2 unspecified atom stereocenters. The van der Waals surface area contributed by atoms with E-state index >= 15 is 0 Å². The van der Waals surface area contributed by atoms with Crippen LogP contribution in [0.5, 0.6) is 0 Å². The Morgan fingerprint density at radius 2 is 1.62 bits per heavy atom. The number of ether oxygens (including phenoxy) is 1. The van der Waals surface area contributed by atoms with E-state index in [0.29, 0.717) is 0 Å². The summed E-state index contributed by atoms with van der Waals surface area (Å²) in [6.45, 7) is 2.26. The summed E-state index contributed by atoms with van der Waals surface area (Å²) in [5, 5.41) is 0. The van der Waals surface area contributed by atoms with Gasteiger partial charge in [0, 0.05) is 7.11 Å². The van der Waals surface area contributed by atoms with Gasteiger partial charge in [-0.3, -0.25) is 11.3 Å². The minimum absolute atomic E-state index is 0.0243. The number of methoxy groups -OCH3 is 1. The molecular formula is C18H32N2O. The van der Waals surface area contributed by atoms with E-state index in [9.17, 15) is 0 Å². The standard InChI is InChI=1S/C18H32N2O/c1-3-4-5-6-7-8-12-15-17(20-19)18(21-2)16-13-10-9-11-14-16/h9-11,13-14,17-18,20H,3-8,12,15,19H2,1-2H3. The SMILES string of the molecule is CCCCCCCCCC(NN)C(OC)c1ccccc1. The topological polar surface area (TPSA) is 47.3 Å². The molecule has 0 saturated carbocycles. The van der Waals surface area contributed by atoms with E-state index in [0.717, 1.165) is 6.42 Å². The quantitative estimate of drug-likeness (QED) is 0.342. The number of nitrogens with one attached hydrogen (secondary N) is 1. The van der Waals surface area contributed by atoms with Gasteiger partial charge < -0.3 is 4.74 Å². The zero-order valence-corrected chi connectivity index (χ0v) is 13.7. The van der Waals surface area contributed by atoms with Gasteiger partial charge in [-0.1, -0.05) is 82.2 Å². The van der Waals surface area contributed by atoms with Gasteiger partial charge in [0.2, 0.25) is 0 Å². The molecule has 0 aromatic heterocycles. The lowest BCUT2D eigenvalue weighted by Gasteiger charge is -2.25. The number of hydrogen-bond donors (Lipinski definition) is 2. The van der Waals surface area contributed by atoms with Crippen molar-refractivity contribution in [3.05, 3.63) is 35.9 Å². The van der Waals surface area contributed by atoms with Crippen LogP contribution in [-0.4, -0.2) is 13.2 Å². The molecule has 0 saturated heterocycles. The molecule has 2 atom stereocenters. The van der Waals surface area contributed by atoms with Crippen molar-refractivity contribution in [2.24, 2.45) is 5.84 Å². The van der Waals surface area contributed by atoms with Crippen molar-refractivity contribution in [2.75, 3.05) is 7.11 Å². The zero-order valence-electron chi connectivity index (χ0n) is 13.7. The van der Waals surface area contributed by atoms with Crippen LogP contribution < -0.4 is 11.3 Å². The Labute approximate surface area is 130 Å². The van der Waals surface area contributed by atoms with Gasteiger partial charge in [-0.25, -0.2) is 0 Å². The van der Waals surface area contributed by atoms with Gasteiger partial charge in [0.15, 0.2) is 0 Å². The molecule has 0 spiro atoms. The van der Waals surface area contributed by atoms with Crippen LogP contribution in [0.2, 0.25) is 0 Å². The van der Waals surface area contributed by atoms with Gasteiger partial charge in [-0.05, 0) is 12.0 Å². The molecule has 3 heteroatoms. The lowest BCUT2D eigenvalue weighted by atomic mass is 9.97. The Morgan fingerprint density at radius 3 is 2.19 bits per heavy atom. The van der Waals surface area contributed by atoms with Crippen molar-refractivity contribution in [2.45, 2.75) is 70.4 Å². The summed E-state index contributed by atoms with van der Waals surface area (Å²) in [5.74, 6) is 5.74. The molecule has 0 aliphatic rings. The molecule has 21 heavy (non-hydrogen) atoms. The molecule has 1 aromatic carbocycles. The molecule has 0 bridgehead atoms. The molecule has 0 amide bonds. The van der Waals surface area contributed by atoms with Crippen molar-refractivity contribution in [1.29, 1.82) is 0 Å². The molecule has 1 rings (SSSR count). The highest BCUT2D eigenvalue weighted by Crippen LogP contribution is 2.23. The predicted octanol–water partition coefficient (Wildman–Crippen LogP) is 4.35. The summed E-state index contributed by atoms with van der Waals surface area (Å²) < 4.78 is 5.66. The van der Waals surface area contributed by atoms with Gasteiger partial charge in [-0.2, -0.15) is 0 Å². The average molecular weight is 292 g/mol. The minimum atomic E-state index is 0.0243. The van der Waals surface area contributed by atoms with E-state index in [1.807, 2.05) is 18.2 Å². The van der Waals surface area contributed by atoms with Crippen molar-refractivity contribution < 1.29 is 4.74 Å². The highest BCUT2D eigenvalue weighted by Gasteiger charge is 2.21. The van der Waals surface area contributed by atoms with Crippen molar-refractivity contribution >= 4 is 0 Å². The molecule has 0 fully saturated rings. The maximum atomic E-state index is 5.74. The first kappa shape index (κ1) is 18.1. The number of nitrogens with two attached hydrogens (primary N) is 1. The van der Waals surface area contributed by atoms with Crippen molar-refractivity contribution in [3.63, 3.8) is 0 Å². The van der Waals surface area contributed by atoms with Crippen LogP contribution in [-0.2, 0) is 4.74 Å². The van der Waals surface area contributed by atoms with Crippen LogP contribution in [0.3, 0.4) is 0 Å². The second-order valence-electron chi connectivity index (χ2n) is 5.75. The Kier molecular flexibility index (Phi) is 10.1. The maximum absolute atomic E-state index is 5.74. The number of rotatable bonds is 12. The molecule has 0 aliphatic carbocycles. The maximum Gasteiger partial charge on any atom is 0.0987 e. The van der Waals surface area contributed by atoms with Crippen LogP contribution in [0.1, 0.15) is 70.0 Å². The van der Waals surface area contributed by atoms with Gasteiger partial charge in [0.1, 0.15) is 0 Å². The van der Waals surface area contributed by atoms with E-state index in [-0.39, 0.29) is 12.1 Å². The van der Waals surface area contributed by atoms with Gasteiger partial charge in [0.25, 0.3) is 0 Å². The first-order valence-electron chi connectivity index (χ1n) is 8.37. The summed E-state index contributed by atoms with van der Waals surface area (Å²) in [5.41, 5.74) is 4.12. The number of benzene rings is 1. The molecule has 3 nitrogen and oxygen atoms in total. The normalized spacial score (nSPS) is 14.0. The average Bonchev–Trinajstić information content (AvgIpc) is 2.54. The first-order chi connectivity index (χ1) is 10.3. The third kappa shape index (κ3) is 7.07. The van der Waals surface area contributed by atoms with Crippen LogP contribution in [0, 0.1) is 0 Å². The highest BCUT2D eigenvalue weighted by molar-refractivity contribution is 5.19. The van der Waals surface area contributed by atoms with Crippen molar-refractivity contribution in [3.8, 4) is 0 Å². The summed E-state index contributed by atoms with van der Waals surface area (Å²) in [6.07, 6.45) is 10.3. The Bertz CT molecular complexity index is 342. The van der Waals surface area contributed by atoms with E-state index in [4.69, 9.17) is 10.6 Å². The van der Waals surface area contributed by atoms with Gasteiger partial charge in [0.05, 0.1) is 12.1 Å². The fraction of sp³-hybridized carbons (Fsp3) is 0.667. The number of hydrazine groups is 1. The Morgan fingerprint density at radius 1 is 1.00 bits per heavy atom. The molecule has 3 N–H and O–H groups in total. The fourth-order valence-electron chi connectivity index (χ4n) is 2.82. The summed E-state index contributed by atoms with van der Waals surface area (Å²) in [6, 6.07) is 10.5. The molecule has 0 aliphatic heterocycles. The fourth-order valence-corrected chi connectivity index (χ4v) is 2.82. The smallest absolute Gasteiger partial charge is 0.0987 e. The number of hydrogen-bond acceptors (Lipinski definition) is 3. The molecule has 120 valence electrons. The van der Waals surface area contributed by atoms with Crippen LogP contribution in [0.15, 0.2) is 30.3 Å². The second kappa shape index (κ2) is 11.7. The third-order valence-electron chi connectivity index (χ3n) is 4.08. The minimum Gasteiger partial charge on any atom is -0.375 e. The van der Waals surface area contributed by atoms with Crippen LogP contribution in [0.25, 0.3) is 0 Å². The predicted molar refractivity (Wildman–Crippen MR) is 89.9 cm³/mol. The number of unbranched alkanes of at least 4 members (excludes halogenated alkanes) is 6. The van der Waals surface area contributed by atoms with Crippen LogP contribution in [0.4, 0.5) is 0 Å². The summed E-state index contributed by atoms with van der Waals surface area (Å²) in [4.78, 5) is 0. The highest BCUT2D eigenvalue weighted by atomic mass is 16.5. The molecule has 0 heterocycles. The molecule has 1 aromatic rings. The molecule has 0 radical (unpaired) electrons. The van der Waals surface area contributed by atoms with Crippen molar-refractivity contribution in [1.82, 2.24) is 5.43 Å². The summed E-state index contributed by atoms with van der Waals surface area (Å²) in [7, 11) is 1.76. The largest absolute Gasteiger partial charge is 0.375 e. The second-order valence-corrected chi connectivity index (χ2v) is 5.75. The first-order valence-corrected chi connectivity index (χ1v) is 8.37. The summed E-state index contributed by atoms with van der Waals surface area (Å²) >= 11 is 0. The third-order valence-corrected chi connectivity index (χ3v) is 4.08. The molecular weight excluding hydrogens is 260 g/mol. The lowest BCUT2D eigenvalue weighted by molar-refractivity contribution is 0.0640. The van der Waals surface area contributed by atoms with E-state index < -0.39 is 0 Å². The van der Waals surface area contributed by atoms with E-state index in [1.165, 1.54) is 50.5 Å².